The van der Waals surface area contributed by atoms with E-state index in [1.54, 1.807) is 13.0 Å². The summed E-state index contributed by atoms with van der Waals surface area (Å²) in [6.45, 7) is -1.15. The van der Waals surface area contributed by atoms with Gasteiger partial charge in [-0.15, -0.1) is 0 Å². The van der Waals surface area contributed by atoms with E-state index < -0.39 is 6.61 Å². The van der Waals surface area contributed by atoms with Crippen molar-refractivity contribution in [3.8, 4) is 11.5 Å². The molecule has 0 aliphatic rings. The number of aromatic hydroxyl groups is 1. The first-order chi connectivity index (χ1) is 9.95. The number of alkyl halides is 2. The van der Waals surface area contributed by atoms with Crippen LogP contribution >= 0.6 is 0 Å². The molecule has 0 fully saturated rings. The van der Waals surface area contributed by atoms with Gasteiger partial charge in [-0.3, -0.25) is 4.79 Å². The zero-order valence-corrected chi connectivity index (χ0v) is 11.1. The Labute approximate surface area is 120 Å². The number of ether oxygens (including phenoxy) is 1. The maximum Gasteiger partial charge on any atom is 0.387 e. The van der Waals surface area contributed by atoms with Crippen LogP contribution in [0.5, 0.6) is 11.5 Å². The minimum atomic E-state index is -2.90. The van der Waals surface area contributed by atoms with E-state index in [9.17, 15) is 18.7 Å². The first-order valence-electron chi connectivity index (χ1n) is 6.11. The molecule has 0 spiro atoms. The van der Waals surface area contributed by atoms with Gasteiger partial charge < -0.3 is 15.2 Å². The largest absolute Gasteiger partial charge is 0.508 e. The van der Waals surface area contributed by atoms with Crippen molar-refractivity contribution in [2.24, 2.45) is 0 Å². The fourth-order valence-electron chi connectivity index (χ4n) is 1.77. The van der Waals surface area contributed by atoms with Crippen LogP contribution in [0.2, 0.25) is 0 Å². The SMILES string of the molecule is Cc1cc(O)ccc1NC(=O)c1ccc(OC(F)F)cc1. The Morgan fingerprint density at radius 2 is 1.86 bits per heavy atom. The number of halogens is 2. The maximum atomic E-state index is 12.0. The smallest absolute Gasteiger partial charge is 0.387 e. The van der Waals surface area contributed by atoms with Crippen LogP contribution in [0.4, 0.5) is 14.5 Å². The van der Waals surface area contributed by atoms with E-state index in [1.165, 1.54) is 36.4 Å². The lowest BCUT2D eigenvalue weighted by Crippen LogP contribution is -2.12. The molecule has 0 aliphatic carbocycles. The van der Waals surface area contributed by atoms with E-state index in [0.29, 0.717) is 16.8 Å². The fourth-order valence-corrected chi connectivity index (χ4v) is 1.77. The van der Waals surface area contributed by atoms with Crippen molar-refractivity contribution < 1.29 is 23.4 Å². The normalized spacial score (nSPS) is 10.5. The lowest BCUT2D eigenvalue weighted by atomic mass is 10.1. The van der Waals surface area contributed by atoms with Gasteiger partial charge in [0.2, 0.25) is 0 Å². The molecule has 0 aromatic heterocycles. The lowest BCUT2D eigenvalue weighted by Gasteiger charge is -2.09. The Bertz CT molecular complexity index is 642. The average molecular weight is 293 g/mol. The van der Waals surface area contributed by atoms with Crippen molar-refractivity contribution in [3.05, 3.63) is 53.6 Å². The van der Waals surface area contributed by atoms with Gasteiger partial charge in [-0.1, -0.05) is 0 Å². The van der Waals surface area contributed by atoms with Crippen LogP contribution in [0.25, 0.3) is 0 Å². The number of benzene rings is 2. The van der Waals surface area contributed by atoms with E-state index in [2.05, 4.69) is 10.1 Å². The van der Waals surface area contributed by atoms with Gasteiger partial charge >= 0.3 is 6.61 Å². The minimum Gasteiger partial charge on any atom is -0.508 e. The summed E-state index contributed by atoms with van der Waals surface area (Å²) in [4.78, 5) is 12.0. The van der Waals surface area contributed by atoms with Gasteiger partial charge in [-0.2, -0.15) is 8.78 Å². The number of nitrogens with one attached hydrogen (secondary N) is 1. The van der Waals surface area contributed by atoms with Gasteiger partial charge in [0.25, 0.3) is 5.91 Å². The molecule has 0 heterocycles. The van der Waals surface area contributed by atoms with Crippen molar-refractivity contribution >= 4 is 11.6 Å². The van der Waals surface area contributed by atoms with Crippen molar-refractivity contribution in [2.45, 2.75) is 13.5 Å². The van der Waals surface area contributed by atoms with Crippen LogP contribution < -0.4 is 10.1 Å². The molecule has 110 valence electrons. The van der Waals surface area contributed by atoms with Crippen LogP contribution in [0.3, 0.4) is 0 Å². The van der Waals surface area contributed by atoms with Crippen molar-refractivity contribution in [2.75, 3.05) is 5.32 Å². The Balaban J connectivity index is 2.09. The zero-order valence-electron chi connectivity index (χ0n) is 11.1. The molecule has 0 saturated heterocycles. The summed E-state index contributed by atoms with van der Waals surface area (Å²) in [7, 11) is 0. The molecule has 2 rings (SSSR count). The fraction of sp³-hybridized carbons (Fsp3) is 0.133. The zero-order chi connectivity index (χ0) is 15.4. The highest BCUT2D eigenvalue weighted by atomic mass is 19.3. The molecule has 0 unspecified atom stereocenters. The molecular formula is C15H13F2NO3. The summed E-state index contributed by atoms with van der Waals surface area (Å²) in [6.07, 6.45) is 0. The number of phenolic OH excluding ortho intramolecular Hbond substituents is 1. The summed E-state index contributed by atoms with van der Waals surface area (Å²) in [5.41, 5.74) is 1.58. The quantitative estimate of drug-likeness (QED) is 0.847. The molecule has 0 aliphatic heterocycles. The predicted octanol–water partition coefficient (Wildman–Crippen LogP) is 3.55. The van der Waals surface area contributed by atoms with Gasteiger partial charge in [0.1, 0.15) is 11.5 Å². The Kier molecular flexibility index (Phi) is 4.37. The maximum absolute atomic E-state index is 12.0. The Morgan fingerprint density at radius 1 is 1.19 bits per heavy atom. The molecule has 0 bridgehead atoms. The summed E-state index contributed by atoms with van der Waals surface area (Å²) in [6, 6.07) is 9.94. The lowest BCUT2D eigenvalue weighted by molar-refractivity contribution is -0.0498. The highest BCUT2D eigenvalue weighted by Crippen LogP contribution is 2.21. The topological polar surface area (TPSA) is 58.6 Å². The van der Waals surface area contributed by atoms with Crippen LogP contribution in [0, 0.1) is 6.92 Å². The molecule has 21 heavy (non-hydrogen) atoms. The molecule has 2 aromatic carbocycles. The highest BCUT2D eigenvalue weighted by molar-refractivity contribution is 6.04. The summed E-state index contributed by atoms with van der Waals surface area (Å²) >= 11 is 0. The highest BCUT2D eigenvalue weighted by Gasteiger charge is 2.09. The standard InChI is InChI=1S/C15H13F2NO3/c1-9-8-11(19)4-7-13(9)18-14(20)10-2-5-12(6-3-10)21-15(16)17/h2-8,15,19H,1H3,(H,18,20). The second kappa shape index (κ2) is 6.21. The summed E-state index contributed by atoms with van der Waals surface area (Å²) < 4.78 is 28.3. The second-order valence-corrected chi connectivity index (χ2v) is 4.36. The minimum absolute atomic E-state index is 0.0117. The third-order valence-electron chi connectivity index (χ3n) is 2.80. The van der Waals surface area contributed by atoms with Gasteiger partial charge in [0.15, 0.2) is 0 Å². The Hall–Kier alpha value is -2.63. The van der Waals surface area contributed by atoms with E-state index in [-0.39, 0.29) is 17.4 Å². The average Bonchev–Trinajstić information content (AvgIpc) is 2.42. The van der Waals surface area contributed by atoms with E-state index in [4.69, 9.17) is 0 Å². The number of rotatable bonds is 4. The molecule has 2 N–H and O–H groups in total. The molecule has 2 aromatic rings. The van der Waals surface area contributed by atoms with Crippen LogP contribution in [-0.4, -0.2) is 17.6 Å². The number of carbonyl (C=O) groups excluding carboxylic acids is 1. The molecular weight excluding hydrogens is 280 g/mol. The molecule has 6 heteroatoms. The first-order valence-corrected chi connectivity index (χ1v) is 6.11. The van der Waals surface area contributed by atoms with Crippen molar-refractivity contribution in [1.82, 2.24) is 0 Å². The number of aryl methyl sites for hydroxylation is 1. The van der Waals surface area contributed by atoms with E-state index in [1.807, 2.05) is 0 Å². The molecule has 0 atom stereocenters. The molecule has 0 radical (unpaired) electrons. The third kappa shape index (κ3) is 3.92. The van der Waals surface area contributed by atoms with Crippen LogP contribution in [0.1, 0.15) is 15.9 Å². The summed E-state index contributed by atoms with van der Waals surface area (Å²) in [5.74, 6) is -0.284. The van der Waals surface area contributed by atoms with Crippen LogP contribution in [0.15, 0.2) is 42.5 Å². The third-order valence-corrected chi connectivity index (χ3v) is 2.80. The van der Waals surface area contributed by atoms with Gasteiger partial charge in [0.05, 0.1) is 0 Å². The number of carbonyl (C=O) groups is 1. The number of phenols is 1. The van der Waals surface area contributed by atoms with Crippen molar-refractivity contribution in [3.63, 3.8) is 0 Å². The molecule has 4 nitrogen and oxygen atoms in total. The summed E-state index contributed by atoms with van der Waals surface area (Å²) in [5, 5.41) is 12.0. The van der Waals surface area contributed by atoms with Crippen LogP contribution in [-0.2, 0) is 0 Å². The second-order valence-electron chi connectivity index (χ2n) is 4.36. The van der Waals surface area contributed by atoms with Gasteiger partial charge in [0, 0.05) is 11.3 Å². The molecule has 0 saturated carbocycles. The first kappa shape index (κ1) is 14.8. The van der Waals surface area contributed by atoms with Gasteiger partial charge in [-0.25, -0.2) is 0 Å². The van der Waals surface area contributed by atoms with E-state index in [0.717, 1.165) is 0 Å². The number of amides is 1. The molecule has 1 amide bonds. The number of hydrogen-bond acceptors (Lipinski definition) is 3. The number of anilines is 1. The van der Waals surface area contributed by atoms with E-state index >= 15 is 0 Å². The van der Waals surface area contributed by atoms with Crippen molar-refractivity contribution in [1.29, 1.82) is 0 Å². The Morgan fingerprint density at radius 3 is 2.43 bits per heavy atom. The number of hydrogen-bond donors (Lipinski definition) is 2. The van der Waals surface area contributed by atoms with Gasteiger partial charge in [-0.05, 0) is 55.0 Å². The monoisotopic (exact) mass is 293 g/mol. The predicted molar refractivity (Wildman–Crippen MR) is 73.9 cm³/mol.